The molecular formula is C23H29N3O2. The molecule has 2 aromatic rings. The second-order valence-corrected chi connectivity index (χ2v) is 9.58. The second-order valence-electron chi connectivity index (χ2n) is 9.58. The zero-order chi connectivity index (χ0) is 19.5. The molecule has 0 spiro atoms. The molecule has 2 heterocycles. The van der Waals surface area contributed by atoms with Gasteiger partial charge in [-0.25, -0.2) is 4.98 Å². The number of pyridine rings is 2. The highest BCUT2D eigenvalue weighted by atomic mass is 16.2. The highest BCUT2D eigenvalue weighted by Crippen LogP contribution is 2.59. The van der Waals surface area contributed by atoms with Gasteiger partial charge in [-0.1, -0.05) is 0 Å². The number of carbonyl (C=O) groups is 1. The predicted octanol–water partition coefficient (Wildman–Crippen LogP) is 3.67. The Labute approximate surface area is 165 Å². The van der Waals surface area contributed by atoms with Gasteiger partial charge in [0, 0.05) is 25.0 Å². The van der Waals surface area contributed by atoms with Crippen molar-refractivity contribution in [3.8, 4) is 0 Å². The van der Waals surface area contributed by atoms with Gasteiger partial charge in [0.25, 0.3) is 5.91 Å². The SMILES string of the molecule is CCn1cc(C(=O)NCC23CC4CC(CC(C4)C2)C3)c(=O)c2ccc(C)nc21. The van der Waals surface area contributed by atoms with E-state index in [0.717, 1.165) is 23.4 Å². The van der Waals surface area contributed by atoms with Crippen molar-refractivity contribution in [2.45, 2.75) is 58.9 Å². The Morgan fingerprint density at radius 2 is 1.82 bits per heavy atom. The highest BCUT2D eigenvalue weighted by molar-refractivity contribution is 5.96. The first-order chi connectivity index (χ1) is 13.5. The number of fused-ring (bicyclic) bond motifs is 1. The summed E-state index contributed by atoms with van der Waals surface area (Å²) >= 11 is 0. The molecule has 6 rings (SSSR count). The molecule has 0 aromatic carbocycles. The van der Waals surface area contributed by atoms with Crippen molar-refractivity contribution in [2.75, 3.05) is 6.54 Å². The number of carbonyl (C=O) groups excluding carboxylic acids is 1. The molecule has 5 heteroatoms. The molecule has 0 saturated heterocycles. The molecule has 5 nitrogen and oxygen atoms in total. The van der Waals surface area contributed by atoms with Crippen LogP contribution >= 0.6 is 0 Å². The lowest BCUT2D eigenvalue weighted by Crippen LogP contribution is -2.51. The zero-order valence-corrected chi connectivity index (χ0v) is 16.8. The van der Waals surface area contributed by atoms with Crippen molar-refractivity contribution in [3.63, 3.8) is 0 Å². The van der Waals surface area contributed by atoms with Crippen LogP contribution in [0.4, 0.5) is 0 Å². The Balaban J connectivity index is 1.41. The van der Waals surface area contributed by atoms with E-state index in [1.165, 1.54) is 38.5 Å². The Bertz CT molecular complexity index is 972. The number of aryl methyl sites for hydroxylation is 2. The van der Waals surface area contributed by atoms with E-state index in [-0.39, 0.29) is 22.3 Å². The topological polar surface area (TPSA) is 64.0 Å². The molecule has 4 bridgehead atoms. The molecule has 0 unspecified atom stereocenters. The molecule has 4 aliphatic rings. The summed E-state index contributed by atoms with van der Waals surface area (Å²) < 4.78 is 1.91. The van der Waals surface area contributed by atoms with Crippen LogP contribution in [-0.2, 0) is 6.54 Å². The van der Waals surface area contributed by atoms with Gasteiger partial charge < -0.3 is 9.88 Å². The Hall–Kier alpha value is -2.17. The number of amides is 1. The first-order valence-corrected chi connectivity index (χ1v) is 10.8. The number of rotatable bonds is 4. The molecule has 2 aromatic heterocycles. The fourth-order valence-corrected chi connectivity index (χ4v) is 6.63. The third kappa shape index (κ3) is 2.87. The minimum absolute atomic E-state index is 0.213. The van der Waals surface area contributed by atoms with Gasteiger partial charge in [-0.15, -0.1) is 0 Å². The lowest BCUT2D eigenvalue weighted by molar-refractivity contribution is -0.0503. The largest absolute Gasteiger partial charge is 0.351 e. The molecule has 1 N–H and O–H groups in total. The molecule has 1 amide bonds. The highest BCUT2D eigenvalue weighted by Gasteiger charge is 2.50. The van der Waals surface area contributed by atoms with Crippen LogP contribution in [-0.4, -0.2) is 22.0 Å². The first kappa shape index (κ1) is 17.9. The summed E-state index contributed by atoms with van der Waals surface area (Å²) in [6.45, 7) is 5.30. The van der Waals surface area contributed by atoms with Gasteiger partial charge in [0.15, 0.2) is 0 Å². The molecule has 148 valence electrons. The van der Waals surface area contributed by atoms with Crippen LogP contribution in [0, 0.1) is 30.1 Å². The summed E-state index contributed by atoms with van der Waals surface area (Å²) in [7, 11) is 0. The first-order valence-electron chi connectivity index (χ1n) is 10.8. The summed E-state index contributed by atoms with van der Waals surface area (Å²) in [6.07, 6.45) is 9.62. The van der Waals surface area contributed by atoms with E-state index in [9.17, 15) is 9.59 Å². The normalized spacial score (nSPS) is 30.7. The van der Waals surface area contributed by atoms with Crippen LogP contribution in [0.3, 0.4) is 0 Å². The monoisotopic (exact) mass is 379 g/mol. The van der Waals surface area contributed by atoms with Gasteiger partial charge in [0.2, 0.25) is 5.43 Å². The molecule has 4 fully saturated rings. The summed E-state index contributed by atoms with van der Waals surface area (Å²) in [5, 5.41) is 3.67. The minimum atomic E-state index is -0.231. The molecular weight excluding hydrogens is 350 g/mol. The maximum absolute atomic E-state index is 13.0. The minimum Gasteiger partial charge on any atom is -0.351 e. The van der Waals surface area contributed by atoms with Crippen molar-refractivity contribution >= 4 is 16.9 Å². The second kappa shape index (κ2) is 6.43. The van der Waals surface area contributed by atoms with E-state index in [1.54, 1.807) is 12.3 Å². The Morgan fingerprint density at radius 3 is 2.43 bits per heavy atom. The van der Waals surface area contributed by atoms with E-state index < -0.39 is 0 Å². The Morgan fingerprint density at radius 1 is 1.18 bits per heavy atom. The van der Waals surface area contributed by atoms with Gasteiger partial charge in [-0.2, -0.15) is 0 Å². The van der Waals surface area contributed by atoms with E-state index in [0.29, 0.717) is 24.1 Å². The summed E-state index contributed by atoms with van der Waals surface area (Å²) in [5.74, 6) is 2.34. The average Bonchev–Trinajstić information content (AvgIpc) is 2.65. The maximum atomic E-state index is 13.0. The summed E-state index contributed by atoms with van der Waals surface area (Å²) in [5.41, 5.74) is 1.82. The molecule has 4 saturated carbocycles. The van der Waals surface area contributed by atoms with Crippen molar-refractivity contribution in [1.29, 1.82) is 0 Å². The molecule has 0 radical (unpaired) electrons. The fraction of sp³-hybridized carbons (Fsp3) is 0.609. The number of aromatic nitrogens is 2. The zero-order valence-electron chi connectivity index (χ0n) is 16.8. The van der Waals surface area contributed by atoms with E-state index in [4.69, 9.17) is 0 Å². The molecule has 0 aliphatic heterocycles. The van der Waals surface area contributed by atoms with Gasteiger partial charge in [0.05, 0.1) is 5.39 Å². The summed E-state index contributed by atoms with van der Waals surface area (Å²) in [4.78, 5) is 30.5. The number of nitrogens with one attached hydrogen (secondary N) is 1. The Kier molecular flexibility index (Phi) is 4.11. The summed E-state index contributed by atoms with van der Waals surface area (Å²) in [6, 6.07) is 3.63. The van der Waals surface area contributed by atoms with Crippen LogP contribution in [0.15, 0.2) is 23.1 Å². The maximum Gasteiger partial charge on any atom is 0.256 e. The van der Waals surface area contributed by atoms with Crippen molar-refractivity contribution < 1.29 is 4.79 Å². The van der Waals surface area contributed by atoms with Crippen LogP contribution < -0.4 is 10.7 Å². The smallest absolute Gasteiger partial charge is 0.256 e. The lowest BCUT2D eigenvalue weighted by Gasteiger charge is -2.56. The van der Waals surface area contributed by atoms with Crippen molar-refractivity contribution in [2.24, 2.45) is 23.2 Å². The predicted molar refractivity (Wildman–Crippen MR) is 109 cm³/mol. The molecule has 28 heavy (non-hydrogen) atoms. The van der Waals surface area contributed by atoms with Crippen LogP contribution in [0.1, 0.15) is 61.5 Å². The van der Waals surface area contributed by atoms with Gasteiger partial charge in [0.1, 0.15) is 11.2 Å². The van der Waals surface area contributed by atoms with Gasteiger partial charge in [-0.3, -0.25) is 9.59 Å². The number of hydrogen-bond acceptors (Lipinski definition) is 3. The van der Waals surface area contributed by atoms with Crippen molar-refractivity contribution in [1.82, 2.24) is 14.9 Å². The molecule has 4 aliphatic carbocycles. The lowest BCUT2D eigenvalue weighted by atomic mass is 9.49. The van der Waals surface area contributed by atoms with Gasteiger partial charge >= 0.3 is 0 Å². The standard InChI is InChI=1S/C23H29N3O2/c1-3-26-12-19(20(27)18-5-4-14(2)25-21(18)26)22(28)24-13-23-9-15-6-16(10-23)8-17(7-15)11-23/h4-5,12,15-17H,3,6-11,13H2,1-2H3,(H,24,28). The number of nitrogens with zero attached hydrogens (tertiary/aromatic N) is 2. The third-order valence-corrected chi connectivity index (χ3v) is 7.43. The quantitative estimate of drug-likeness (QED) is 0.881. The van der Waals surface area contributed by atoms with E-state index >= 15 is 0 Å². The van der Waals surface area contributed by atoms with Crippen LogP contribution in [0.2, 0.25) is 0 Å². The fourth-order valence-electron chi connectivity index (χ4n) is 6.63. The van der Waals surface area contributed by atoms with Crippen molar-refractivity contribution in [3.05, 3.63) is 39.8 Å². The molecule has 0 atom stereocenters. The third-order valence-electron chi connectivity index (χ3n) is 7.43. The average molecular weight is 380 g/mol. The van der Waals surface area contributed by atoms with Crippen LogP contribution in [0.5, 0.6) is 0 Å². The van der Waals surface area contributed by atoms with E-state index in [1.807, 2.05) is 24.5 Å². The number of hydrogen-bond donors (Lipinski definition) is 1. The van der Waals surface area contributed by atoms with Gasteiger partial charge in [-0.05, 0) is 87.7 Å². The van der Waals surface area contributed by atoms with E-state index in [2.05, 4.69) is 10.3 Å². The van der Waals surface area contributed by atoms with Crippen LogP contribution in [0.25, 0.3) is 11.0 Å².